The summed E-state index contributed by atoms with van der Waals surface area (Å²) >= 11 is 1.58. The normalized spacial score (nSPS) is 13.2. The monoisotopic (exact) mass is 292 g/mol. The van der Waals surface area contributed by atoms with Crippen molar-refractivity contribution in [3.05, 3.63) is 40.0 Å². The minimum atomic E-state index is -0.663. The van der Waals surface area contributed by atoms with Crippen LogP contribution in [0, 0.1) is 0 Å². The van der Waals surface area contributed by atoms with Crippen LogP contribution in [0.25, 0.3) is 0 Å². The van der Waals surface area contributed by atoms with Crippen molar-refractivity contribution in [3.63, 3.8) is 0 Å². The molecule has 2 rings (SSSR count). The van der Waals surface area contributed by atoms with Crippen molar-refractivity contribution in [1.82, 2.24) is 9.97 Å². The van der Waals surface area contributed by atoms with Crippen molar-refractivity contribution in [3.8, 4) is 5.88 Å². The highest BCUT2D eigenvalue weighted by atomic mass is 32.1. The second kappa shape index (κ2) is 5.89. The van der Waals surface area contributed by atoms with E-state index in [4.69, 9.17) is 4.74 Å². The molecule has 0 fully saturated rings. The maximum Gasteiger partial charge on any atom is 0.213 e. The number of ether oxygens (including phenoxy) is 1. The number of aromatic nitrogens is 2. The highest BCUT2D eigenvalue weighted by Gasteiger charge is 2.19. The summed E-state index contributed by atoms with van der Waals surface area (Å²) in [6.45, 7) is 6.39. The highest BCUT2D eigenvalue weighted by Crippen LogP contribution is 2.26. The van der Waals surface area contributed by atoms with Gasteiger partial charge in [0.05, 0.1) is 23.5 Å². The van der Waals surface area contributed by atoms with Crippen LogP contribution in [0.3, 0.4) is 0 Å². The van der Waals surface area contributed by atoms with Gasteiger partial charge in [0, 0.05) is 23.3 Å². The molecular formula is C15H20N2O2S. The predicted molar refractivity (Wildman–Crippen MR) is 80.3 cm³/mol. The van der Waals surface area contributed by atoms with Gasteiger partial charge in [-0.1, -0.05) is 26.8 Å². The number of rotatable bonds is 4. The summed E-state index contributed by atoms with van der Waals surface area (Å²) in [7, 11) is 1.56. The number of methoxy groups -OCH3 is 1. The topological polar surface area (TPSA) is 55.2 Å². The first-order chi connectivity index (χ1) is 9.40. The summed E-state index contributed by atoms with van der Waals surface area (Å²) in [5.74, 6) is 0.510. The van der Waals surface area contributed by atoms with Crippen LogP contribution in [0.1, 0.15) is 43.3 Å². The summed E-state index contributed by atoms with van der Waals surface area (Å²) in [6.07, 6.45) is -0.190. The molecular weight excluding hydrogens is 272 g/mol. The third-order valence-corrected chi connectivity index (χ3v) is 3.85. The second-order valence-corrected chi connectivity index (χ2v) is 6.64. The van der Waals surface area contributed by atoms with Crippen LogP contribution in [0.5, 0.6) is 5.88 Å². The Balaban J connectivity index is 2.11. The van der Waals surface area contributed by atoms with E-state index >= 15 is 0 Å². The molecule has 0 radical (unpaired) electrons. The molecule has 4 nitrogen and oxygen atoms in total. The maximum absolute atomic E-state index is 10.3. The van der Waals surface area contributed by atoms with Gasteiger partial charge < -0.3 is 9.84 Å². The minimum absolute atomic E-state index is 0.0356. The summed E-state index contributed by atoms with van der Waals surface area (Å²) in [4.78, 5) is 8.84. The SMILES string of the molecule is COc1cccc(C(O)Cc2nc(C(C)(C)C)cs2)n1. The zero-order chi connectivity index (χ0) is 14.8. The van der Waals surface area contributed by atoms with Crippen molar-refractivity contribution >= 4 is 11.3 Å². The van der Waals surface area contributed by atoms with Gasteiger partial charge in [-0.3, -0.25) is 0 Å². The average Bonchev–Trinajstić information content (AvgIpc) is 2.87. The van der Waals surface area contributed by atoms with Crippen molar-refractivity contribution in [1.29, 1.82) is 0 Å². The molecule has 0 saturated carbocycles. The Kier molecular flexibility index (Phi) is 4.40. The number of hydrogen-bond acceptors (Lipinski definition) is 5. The molecule has 0 spiro atoms. The molecule has 0 aromatic carbocycles. The van der Waals surface area contributed by atoms with Crippen molar-refractivity contribution in [2.45, 2.75) is 38.7 Å². The molecule has 5 heteroatoms. The van der Waals surface area contributed by atoms with E-state index in [9.17, 15) is 5.11 Å². The Morgan fingerprint density at radius 1 is 1.30 bits per heavy atom. The maximum atomic E-state index is 10.3. The van der Waals surface area contributed by atoms with E-state index in [0.717, 1.165) is 10.7 Å². The summed E-state index contributed by atoms with van der Waals surface area (Å²) in [5.41, 5.74) is 1.70. The Labute approximate surface area is 123 Å². The third kappa shape index (κ3) is 3.55. The smallest absolute Gasteiger partial charge is 0.213 e. The Bertz CT molecular complexity index is 575. The quantitative estimate of drug-likeness (QED) is 0.940. The van der Waals surface area contributed by atoms with Gasteiger partial charge in [0.2, 0.25) is 5.88 Å². The van der Waals surface area contributed by atoms with Crippen LogP contribution in [-0.4, -0.2) is 22.2 Å². The largest absolute Gasteiger partial charge is 0.481 e. The van der Waals surface area contributed by atoms with E-state index in [1.165, 1.54) is 0 Å². The fourth-order valence-electron chi connectivity index (χ4n) is 1.75. The number of aliphatic hydroxyl groups excluding tert-OH is 1. The van der Waals surface area contributed by atoms with Gasteiger partial charge in [-0.25, -0.2) is 9.97 Å². The van der Waals surface area contributed by atoms with Gasteiger partial charge in [-0.2, -0.15) is 0 Å². The zero-order valence-corrected chi connectivity index (χ0v) is 13.1. The number of thiazole rings is 1. The Hall–Kier alpha value is -1.46. The van der Waals surface area contributed by atoms with Gasteiger partial charge >= 0.3 is 0 Å². The summed E-state index contributed by atoms with van der Waals surface area (Å²) in [6, 6.07) is 5.38. The molecule has 0 amide bonds. The van der Waals surface area contributed by atoms with E-state index in [2.05, 4.69) is 36.1 Å². The van der Waals surface area contributed by atoms with Crippen LogP contribution in [-0.2, 0) is 11.8 Å². The molecule has 2 heterocycles. The van der Waals surface area contributed by atoms with Crippen molar-refractivity contribution < 1.29 is 9.84 Å². The molecule has 0 aliphatic heterocycles. The molecule has 1 N–H and O–H groups in total. The van der Waals surface area contributed by atoms with Gasteiger partial charge in [-0.15, -0.1) is 11.3 Å². The molecule has 0 aliphatic rings. The van der Waals surface area contributed by atoms with E-state index < -0.39 is 6.10 Å². The Morgan fingerprint density at radius 3 is 2.65 bits per heavy atom. The lowest BCUT2D eigenvalue weighted by atomic mass is 9.93. The molecule has 0 bridgehead atoms. The number of hydrogen-bond donors (Lipinski definition) is 1. The third-order valence-electron chi connectivity index (χ3n) is 2.98. The van der Waals surface area contributed by atoms with E-state index in [1.807, 2.05) is 6.07 Å². The molecule has 1 unspecified atom stereocenters. The van der Waals surface area contributed by atoms with Crippen molar-refractivity contribution in [2.24, 2.45) is 0 Å². The molecule has 0 saturated heterocycles. The molecule has 2 aromatic heterocycles. The number of nitrogens with zero attached hydrogens (tertiary/aromatic N) is 2. The predicted octanol–water partition coefficient (Wildman–Crippen LogP) is 3.12. The van der Waals surface area contributed by atoms with Crippen molar-refractivity contribution in [2.75, 3.05) is 7.11 Å². The molecule has 108 valence electrons. The lowest BCUT2D eigenvalue weighted by Gasteiger charge is -2.14. The van der Waals surface area contributed by atoms with Crippen LogP contribution in [0.2, 0.25) is 0 Å². The number of pyridine rings is 1. The fourth-order valence-corrected chi connectivity index (χ4v) is 2.81. The van der Waals surface area contributed by atoms with Crippen LogP contribution in [0.4, 0.5) is 0 Å². The first-order valence-electron chi connectivity index (χ1n) is 6.54. The first-order valence-corrected chi connectivity index (χ1v) is 7.42. The van der Waals surface area contributed by atoms with Gasteiger partial charge in [0.1, 0.15) is 6.10 Å². The minimum Gasteiger partial charge on any atom is -0.481 e. The van der Waals surface area contributed by atoms with E-state index in [0.29, 0.717) is 18.0 Å². The fraction of sp³-hybridized carbons (Fsp3) is 0.467. The number of aliphatic hydroxyl groups is 1. The molecule has 2 aromatic rings. The zero-order valence-electron chi connectivity index (χ0n) is 12.3. The molecule has 0 aliphatic carbocycles. The lowest BCUT2D eigenvalue weighted by molar-refractivity contribution is 0.172. The first kappa shape index (κ1) is 14.9. The molecule has 20 heavy (non-hydrogen) atoms. The lowest BCUT2D eigenvalue weighted by Crippen LogP contribution is -2.12. The summed E-state index contributed by atoms with van der Waals surface area (Å²) in [5, 5.41) is 13.2. The van der Waals surface area contributed by atoms with E-state index in [1.54, 1.807) is 30.6 Å². The molecule has 1 atom stereocenters. The Morgan fingerprint density at radius 2 is 2.05 bits per heavy atom. The van der Waals surface area contributed by atoms with Gasteiger partial charge in [-0.05, 0) is 6.07 Å². The highest BCUT2D eigenvalue weighted by molar-refractivity contribution is 7.09. The van der Waals surface area contributed by atoms with Crippen LogP contribution < -0.4 is 4.74 Å². The van der Waals surface area contributed by atoms with Gasteiger partial charge in [0.15, 0.2) is 0 Å². The second-order valence-electron chi connectivity index (χ2n) is 5.70. The van der Waals surface area contributed by atoms with Crippen LogP contribution >= 0.6 is 11.3 Å². The van der Waals surface area contributed by atoms with Gasteiger partial charge in [0.25, 0.3) is 0 Å². The van der Waals surface area contributed by atoms with E-state index in [-0.39, 0.29) is 5.41 Å². The van der Waals surface area contributed by atoms with Crippen LogP contribution in [0.15, 0.2) is 23.6 Å². The summed E-state index contributed by atoms with van der Waals surface area (Å²) < 4.78 is 5.07. The average molecular weight is 292 g/mol. The standard InChI is InChI=1S/C15H20N2O2S/c1-15(2,3)12-9-20-14(17-12)8-11(18)10-6-5-7-13(16-10)19-4/h5-7,9,11,18H,8H2,1-4H3.